The minimum absolute atomic E-state index is 0.0654. The Morgan fingerprint density at radius 1 is 1.35 bits per heavy atom. The van der Waals surface area contributed by atoms with Crippen molar-refractivity contribution in [1.82, 2.24) is 5.32 Å². The Kier molecular flexibility index (Phi) is 7.06. The van der Waals surface area contributed by atoms with E-state index in [4.69, 9.17) is 9.84 Å². The highest BCUT2D eigenvalue weighted by Gasteiger charge is 2.19. The highest BCUT2D eigenvalue weighted by Crippen LogP contribution is 2.01. The van der Waals surface area contributed by atoms with E-state index in [-0.39, 0.29) is 18.9 Å². The monoisotopic (exact) mass is 277 g/mol. The Hall–Kier alpha value is -2.14. The van der Waals surface area contributed by atoms with Gasteiger partial charge in [0.1, 0.15) is 0 Å². The summed E-state index contributed by atoms with van der Waals surface area (Å²) in [6, 6.07) is 8.39. The number of carbonyl (C=O) groups excluding carboxylic acids is 1. The van der Waals surface area contributed by atoms with Gasteiger partial charge in [-0.25, -0.2) is 4.79 Å². The van der Waals surface area contributed by atoms with Crippen molar-refractivity contribution in [3.05, 3.63) is 48.6 Å². The van der Waals surface area contributed by atoms with Crippen molar-refractivity contribution in [3.63, 3.8) is 0 Å². The maximum Gasteiger partial charge on any atom is 0.328 e. The molecule has 0 radical (unpaired) electrons. The van der Waals surface area contributed by atoms with Crippen LogP contribution < -0.4 is 5.32 Å². The number of ether oxygens (including phenoxy) is 1. The van der Waals surface area contributed by atoms with Crippen molar-refractivity contribution in [2.24, 2.45) is 0 Å². The molecule has 0 aliphatic carbocycles. The molecule has 1 rings (SSSR count). The first-order chi connectivity index (χ1) is 9.63. The van der Waals surface area contributed by atoms with Gasteiger partial charge in [-0.3, -0.25) is 4.79 Å². The minimum atomic E-state index is -1.11. The topological polar surface area (TPSA) is 75.6 Å². The van der Waals surface area contributed by atoms with Crippen LogP contribution in [-0.2, 0) is 20.9 Å². The zero-order chi connectivity index (χ0) is 14.8. The van der Waals surface area contributed by atoms with Crippen LogP contribution in [-0.4, -0.2) is 29.6 Å². The van der Waals surface area contributed by atoms with Crippen molar-refractivity contribution in [2.75, 3.05) is 6.61 Å². The molecule has 0 fully saturated rings. The quantitative estimate of drug-likeness (QED) is 0.674. The zero-order valence-electron chi connectivity index (χ0n) is 11.2. The molecule has 5 nitrogen and oxygen atoms in total. The molecule has 1 amide bonds. The lowest BCUT2D eigenvalue weighted by Crippen LogP contribution is -2.43. The second-order valence-corrected chi connectivity index (χ2v) is 4.29. The zero-order valence-corrected chi connectivity index (χ0v) is 11.2. The lowest BCUT2D eigenvalue weighted by Gasteiger charge is -2.14. The van der Waals surface area contributed by atoms with Gasteiger partial charge in [-0.05, 0) is 12.0 Å². The fourth-order valence-electron chi connectivity index (χ4n) is 1.54. The molecule has 0 bridgehead atoms. The molecule has 108 valence electrons. The fraction of sp³-hybridized carbons (Fsp3) is 0.333. The molecule has 0 aromatic heterocycles. The molecule has 1 aromatic rings. The van der Waals surface area contributed by atoms with Crippen LogP contribution in [0.5, 0.6) is 0 Å². The number of allylic oxidation sites excluding steroid dienone is 1. The van der Waals surface area contributed by atoms with E-state index in [2.05, 4.69) is 11.9 Å². The number of aliphatic carboxylic acids is 1. The standard InChI is InChI=1S/C15H19NO4/c1-2-3-9-14(17)16-13(15(18)19)11-20-10-12-7-5-4-6-8-12/h2,4-8,13H,1,3,9-11H2,(H,16,17)(H,18,19). The maximum atomic E-state index is 11.5. The molecule has 0 heterocycles. The summed E-state index contributed by atoms with van der Waals surface area (Å²) < 4.78 is 5.33. The van der Waals surface area contributed by atoms with Crippen LogP contribution in [0.4, 0.5) is 0 Å². The van der Waals surface area contributed by atoms with E-state index in [9.17, 15) is 9.59 Å². The number of carboxylic acid groups (broad SMARTS) is 1. The molecule has 1 unspecified atom stereocenters. The third kappa shape index (κ3) is 6.15. The van der Waals surface area contributed by atoms with Gasteiger partial charge in [0.15, 0.2) is 6.04 Å². The largest absolute Gasteiger partial charge is 0.480 e. The van der Waals surface area contributed by atoms with Crippen molar-refractivity contribution in [3.8, 4) is 0 Å². The van der Waals surface area contributed by atoms with Crippen LogP contribution in [0.15, 0.2) is 43.0 Å². The van der Waals surface area contributed by atoms with E-state index in [0.29, 0.717) is 13.0 Å². The molecule has 0 saturated heterocycles. The van der Waals surface area contributed by atoms with Crippen molar-refractivity contribution < 1.29 is 19.4 Å². The van der Waals surface area contributed by atoms with Gasteiger partial charge in [0.2, 0.25) is 5.91 Å². The lowest BCUT2D eigenvalue weighted by atomic mass is 10.2. The van der Waals surface area contributed by atoms with Crippen molar-refractivity contribution >= 4 is 11.9 Å². The van der Waals surface area contributed by atoms with Gasteiger partial charge >= 0.3 is 5.97 Å². The number of amides is 1. The Morgan fingerprint density at radius 3 is 2.65 bits per heavy atom. The highest BCUT2D eigenvalue weighted by atomic mass is 16.5. The molecule has 5 heteroatoms. The summed E-state index contributed by atoms with van der Waals surface area (Å²) in [6.45, 7) is 3.76. The number of hydrogen-bond donors (Lipinski definition) is 2. The van der Waals surface area contributed by atoms with E-state index in [1.54, 1.807) is 6.08 Å². The van der Waals surface area contributed by atoms with Crippen molar-refractivity contribution in [2.45, 2.75) is 25.5 Å². The minimum Gasteiger partial charge on any atom is -0.480 e. The summed E-state index contributed by atoms with van der Waals surface area (Å²) in [5.41, 5.74) is 0.953. The summed E-state index contributed by atoms with van der Waals surface area (Å²) in [6.07, 6.45) is 2.36. The molecular formula is C15H19NO4. The Balaban J connectivity index is 2.37. The Morgan fingerprint density at radius 2 is 2.05 bits per heavy atom. The molecule has 1 aromatic carbocycles. The first kappa shape index (κ1) is 15.9. The van der Waals surface area contributed by atoms with E-state index in [1.807, 2.05) is 30.3 Å². The summed E-state index contributed by atoms with van der Waals surface area (Å²) in [4.78, 5) is 22.5. The van der Waals surface area contributed by atoms with Crippen LogP contribution in [0.25, 0.3) is 0 Å². The predicted octanol–water partition coefficient (Wildman–Crippen LogP) is 1.74. The van der Waals surface area contributed by atoms with Crippen LogP contribution >= 0.6 is 0 Å². The number of carbonyl (C=O) groups is 2. The van der Waals surface area contributed by atoms with Gasteiger partial charge in [0.05, 0.1) is 13.2 Å². The van der Waals surface area contributed by atoms with E-state index in [1.165, 1.54) is 0 Å². The summed E-state index contributed by atoms with van der Waals surface area (Å²) >= 11 is 0. The Bertz CT molecular complexity index is 444. The van der Waals surface area contributed by atoms with Gasteiger partial charge in [-0.15, -0.1) is 6.58 Å². The van der Waals surface area contributed by atoms with Gasteiger partial charge in [-0.2, -0.15) is 0 Å². The normalized spacial score (nSPS) is 11.6. The molecule has 0 aliphatic rings. The van der Waals surface area contributed by atoms with Crippen LogP contribution in [0.3, 0.4) is 0 Å². The molecular weight excluding hydrogens is 258 g/mol. The van der Waals surface area contributed by atoms with Crippen LogP contribution in [0, 0.1) is 0 Å². The van der Waals surface area contributed by atoms with Gasteiger partial charge < -0.3 is 15.2 Å². The highest BCUT2D eigenvalue weighted by molar-refractivity contribution is 5.83. The molecule has 2 N–H and O–H groups in total. The first-order valence-electron chi connectivity index (χ1n) is 6.38. The number of nitrogens with one attached hydrogen (secondary N) is 1. The van der Waals surface area contributed by atoms with Crippen LogP contribution in [0.2, 0.25) is 0 Å². The maximum absolute atomic E-state index is 11.5. The second kappa shape index (κ2) is 8.87. The fourth-order valence-corrected chi connectivity index (χ4v) is 1.54. The van der Waals surface area contributed by atoms with Gasteiger partial charge in [0.25, 0.3) is 0 Å². The summed E-state index contributed by atoms with van der Waals surface area (Å²) in [5, 5.41) is 11.5. The first-order valence-corrected chi connectivity index (χ1v) is 6.38. The number of hydrogen-bond acceptors (Lipinski definition) is 3. The smallest absolute Gasteiger partial charge is 0.328 e. The Labute approximate surface area is 118 Å². The third-order valence-electron chi connectivity index (χ3n) is 2.60. The molecule has 20 heavy (non-hydrogen) atoms. The predicted molar refractivity (Wildman–Crippen MR) is 75.1 cm³/mol. The summed E-state index contributed by atoms with van der Waals surface area (Å²) in [7, 11) is 0. The summed E-state index contributed by atoms with van der Waals surface area (Å²) in [5.74, 6) is -1.43. The second-order valence-electron chi connectivity index (χ2n) is 4.29. The number of rotatable bonds is 9. The number of carboxylic acids is 1. The molecule has 0 aliphatic heterocycles. The van der Waals surface area contributed by atoms with Gasteiger partial charge in [-0.1, -0.05) is 36.4 Å². The molecule has 0 spiro atoms. The molecule has 0 saturated carbocycles. The van der Waals surface area contributed by atoms with E-state index < -0.39 is 12.0 Å². The van der Waals surface area contributed by atoms with E-state index >= 15 is 0 Å². The van der Waals surface area contributed by atoms with Crippen molar-refractivity contribution in [1.29, 1.82) is 0 Å². The molecule has 1 atom stereocenters. The van der Waals surface area contributed by atoms with Gasteiger partial charge in [0, 0.05) is 6.42 Å². The van der Waals surface area contributed by atoms with E-state index in [0.717, 1.165) is 5.56 Å². The SMILES string of the molecule is C=CCCC(=O)NC(COCc1ccccc1)C(=O)O. The van der Waals surface area contributed by atoms with Crippen LogP contribution in [0.1, 0.15) is 18.4 Å². The average Bonchev–Trinajstić information content (AvgIpc) is 2.45. The number of benzene rings is 1. The third-order valence-corrected chi connectivity index (χ3v) is 2.60. The average molecular weight is 277 g/mol. The lowest BCUT2D eigenvalue weighted by molar-refractivity contribution is -0.143.